The Hall–Kier alpha value is -2.15. The van der Waals surface area contributed by atoms with Gasteiger partial charge in [-0.15, -0.1) is 0 Å². The summed E-state index contributed by atoms with van der Waals surface area (Å²) in [5.41, 5.74) is 5.13. The minimum atomic E-state index is 0.177. The van der Waals surface area contributed by atoms with Gasteiger partial charge in [-0.1, -0.05) is 13.8 Å². The number of nitrogens with zero attached hydrogens (tertiary/aromatic N) is 4. The standard InChI is InChI=1S/C14H22N6O/c1-7(2)12-16-13(18-15)8(3)14(17-12)21-11-9(4)19-20(6)10(11)5/h7H,15H2,1-6H3,(H,16,17,18). The molecule has 0 amide bonds. The first-order valence-electron chi connectivity index (χ1n) is 6.88. The van der Waals surface area contributed by atoms with E-state index in [-0.39, 0.29) is 5.92 Å². The zero-order valence-electron chi connectivity index (χ0n) is 13.4. The fourth-order valence-electron chi connectivity index (χ4n) is 2.01. The van der Waals surface area contributed by atoms with Gasteiger partial charge in [-0.2, -0.15) is 10.1 Å². The Morgan fingerprint density at radius 2 is 1.86 bits per heavy atom. The molecule has 3 N–H and O–H groups in total. The van der Waals surface area contributed by atoms with Gasteiger partial charge < -0.3 is 10.2 Å². The van der Waals surface area contributed by atoms with Gasteiger partial charge in [0.1, 0.15) is 11.5 Å². The maximum Gasteiger partial charge on any atom is 0.227 e. The minimum Gasteiger partial charge on any atom is -0.435 e. The second kappa shape index (κ2) is 5.69. The van der Waals surface area contributed by atoms with Crippen LogP contribution in [0.2, 0.25) is 0 Å². The van der Waals surface area contributed by atoms with E-state index < -0.39 is 0 Å². The molecule has 0 aliphatic heterocycles. The SMILES string of the molecule is Cc1nn(C)c(C)c1Oc1nc(C(C)C)nc(NN)c1C. The van der Waals surface area contributed by atoms with E-state index >= 15 is 0 Å². The summed E-state index contributed by atoms with van der Waals surface area (Å²) in [4.78, 5) is 8.90. The average Bonchev–Trinajstić information content (AvgIpc) is 2.67. The van der Waals surface area contributed by atoms with Crippen molar-refractivity contribution in [2.75, 3.05) is 5.43 Å². The molecule has 2 rings (SSSR count). The van der Waals surface area contributed by atoms with E-state index in [0.717, 1.165) is 22.7 Å². The molecule has 2 aromatic heterocycles. The number of hydrogen-bond donors (Lipinski definition) is 2. The molecular weight excluding hydrogens is 268 g/mol. The lowest BCUT2D eigenvalue weighted by atomic mass is 10.2. The van der Waals surface area contributed by atoms with E-state index in [1.54, 1.807) is 4.68 Å². The van der Waals surface area contributed by atoms with Gasteiger partial charge in [0.25, 0.3) is 0 Å². The van der Waals surface area contributed by atoms with E-state index in [2.05, 4.69) is 20.5 Å². The van der Waals surface area contributed by atoms with Crippen LogP contribution in [0, 0.1) is 20.8 Å². The van der Waals surface area contributed by atoms with Gasteiger partial charge in [0.2, 0.25) is 5.88 Å². The van der Waals surface area contributed by atoms with Crippen molar-refractivity contribution in [1.82, 2.24) is 19.7 Å². The minimum absolute atomic E-state index is 0.177. The average molecular weight is 290 g/mol. The Labute approximate surface area is 124 Å². The predicted molar refractivity (Wildman–Crippen MR) is 81.4 cm³/mol. The molecular formula is C14H22N6O. The maximum atomic E-state index is 5.99. The zero-order valence-corrected chi connectivity index (χ0v) is 13.4. The number of nitrogens with two attached hydrogens (primary N) is 1. The zero-order chi connectivity index (χ0) is 15.7. The highest BCUT2D eigenvalue weighted by Gasteiger charge is 2.18. The van der Waals surface area contributed by atoms with Crippen LogP contribution in [0.25, 0.3) is 0 Å². The summed E-state index contributed by atoms with van der Waals surface area (Å²) in [5, 5.41) is 4.34. The fourth-order valence-corrected chi connectivity index (χ4v) is 2.01. The molecule has 0 saturated heterocycles. The highest BCUT2D eigenvalue weighted by atomic mass is 16.5. The third kappa shape index (κ3) is 2.82. The van der Waals surface area contributed by atoms with Gasteiger partial charge in [-0.3, -0.25) is 4.68 Å². The van der Waals surface area contributed by atoms with Crippen molar-refractivity contribution in [1.29, 1.82) is 0 Å². The molecule has 0 aromatic carbocycles. The first-order chi connectivity index (χ1) is 9.85. The Balaban J connectivity index is 2.50. The Morgan fingerprint density at radius 1 is 1.19 bits per heavy atom. The van der Waals surface area contributed by atoms with Crippen molar-refractivity contribution in [3.63, 3.8) is 0 Å². The van der Waals surface area contributed by atoms with Crippen LogP contribution in [-0.2, 0) is 7.05 Å². The first kappa shape index (κ1) is 15.2. The molecule has 0 spiro atoms. The summed E-state index contributed by atoms with van der Waals surface area (Å²) in [5.74, 6) is 8.19. The lowest BCUT2D eigenvalue weighted by molar-refractivity contribution is 0.446. The molecule has 2 heterocycles. The van der Waals surface area contributed by atoms with E-state index in [1.165, 1.54) is 0 Å². The van der Waals surface area contributed by atoms with E-state index in [9.17, 15) is 0 Å². The number of ether oxygens (including phenoxy) is 1. The third-order valence-electron chi connectivity index (χ3n) is 3.41. The number of hydrogen-bond acceptors (Lipinski definition) is 6. The highest BCUT2D eigenvalue weighted by molar-refractivity contribution is 5.49. The van der Waals surface area contributed by atoms with E-state index in [4.69, 9.17) is 10.6 Å². The van der Waals surface area contributed by atoms with Gasteiger partial charge in [0, 0.05) is 13.0 Å². The van der Waals surface area contributed by atoms with Crippen molar-refractivity contribution in [2.24, 2.45) is 12.9 Å². The number of nitrogen functional groups attached to an aromatic ring is 1. The molecule has 21 heavy (non-hydrogen) atoms. The number of aryl methyl sites for hydroxylation is 2. The van der Waals surface area contributed by atoms with Gasteiger partial charge >= 0.3 is 0 Å². The van der Waals surface area contributed by atoms with Crippen molar-refractivity contribution in [3.05, 3.63) is 22.8 Å². The summed E-state index contributed by atoms with van der Waals surface area (Å²) in [6.45, 7) is 9.78. The van der Waals surface area contributed by atoms with Crippen LogP contribution in [0.5, 0.6) is 11.6 Å². The Bertz CT molecular complexity index is 662. The molecule has 0 radical (unpaired) electrons. The fraction of sp³-hybridized carbons (Fsp3) is 0.500. The quantitative estimate of drug-likeness (QED) is 0.663. The summed E-state index contributed by atoms with van der Waals surface area (Å²) >= 11 is 0. The summed E-state index contributed by atoms with van der Waals surface area (Å²) in [7, 11) is 1.88. The lowest BCUT2D eigenvalue weighted by Crippen LogP contribution is -2.13. The second-order valence-corrected chi connectivity index (χ2v) is 5.39. The van der Waals surface area contributed by atoms with Gasteiger partial charge in [0.05, 0.1) is 11.3 Å². The smallest absolute Gasteiger partial charge is 0.227 e. The van der Waals surface area contributed by atoms with Gasteiger partial charge in [-0.25, -0.2) is 10.8 Å². The third-order valence-corrected chi connectivity index (χ3v) is 3.41. The molecule has 7 heteroatoms. The molecule has 0 bridgehead atoms. The van der Waals surface area contributed by atoms with Gasteiger partial charge in [-0.05, 0) is 20.8 Å². The van der Waals surface area contributed by atoms with Crippen LogP contribution >= 0.6 is 0 Å². The first-order valence-corrected chi connectivity index (χ1v) is 6.88. The molecule has 0 saturated carbocycles. The van der Waals surface area contributed by atoms with Crippen molar-refractivity contribution >= 4 is 5.82 Å². The molecule has 0 atom stereocenters. The summed E-state index contributed by atoms with van der Waals surface area (Å²) < 4.78 is 7.78. The molecule has 7 nitrogen and oxygen atoms in total. The monoisotopic (exact) mass is 290 g/mol. The normalized spacial score (nSPS) is 11.0. The topological polar surface area (TPSA) is 90.9 Å². The number of hydrazine groups is 1. The van der Waals surface area contributed by atoms with E-state index in [0.29, 0.717) is 17.5 Å². The maximum absolute atomic E-state index is 5.99. The van der Waals surface area contributed by atoms with Crippen LogP contribution < -0.4 is 16.0 Å². The lowest BCUT2D eigenvalue weighted by Gasteiger charge is -2.14. The number of anilines is 1. The molecule has 114 valence electrons. The van der Waals surface area contributed by atoms with Crippen molar-refractivity contribution in [3.8, 4) is 11.6 Å². The number of rotatable bonds is 4. The summed E-state index contributed by atoms with van der Waals surface area (Å²) in [6, 6.07) is 0. The molecule has 0 fully saturated rings. The van der Waals surface area contributed by atoms with Crippen molar-refractivity contribution in [2.45, 2.75) is 40.5 Å². The molecule has 0 aliphatic carbocycles. The molecule has 2 aromatic rings. The van der Waals surface area contributed by atoms with E-state index in [1.807, 2.05) is 41.7 Å². The Kier molecular flexibility index (Phi) is 4.13. The van der Waals surface area contributed by atoms with Crippen LogP contribution in [0.3, 0.4) is 0 Å². The molecule has 0 aliphatic rings. The van der Waals surface area contributed by atoms with Crippen molar-refractivity contribution < 1.29 is 4.74 Å². The largest absolute Gasteiger partial charge is 0.435 e. The van der Waals surface area contributed by atoms with Crippen LogP contribution in [0.15, 0.2) is 0 Å². The van der Waals surface area contributed by atoms with Crippen LogP contribution in [-0.4, -0.2) is 19.7 Å². The summed E-state index contributed by atoms with van der Waals surface area (Å²) in [6.07, 6.45) is 0. The number of aromatic nitrogens is 4. The molecule has 0 unspecified atom stereocenters. The Morgan fingerprint density at radius 3 is 2.33 bits per heavy atom. The van der Waals surface area contributed by atoms with Gasteiger partial charge in [0.15, 0.2) is 11.6 Å². The number of nitrogens with one attached hydrogen (secondary N) is 1. The second-order valence-electron chi connectivity index (χ2n) is 5.39. The predicted octanol–water partition coefficient (Wildman–Crippen LogP) is 2.34. The van der Waals surface area contributed by atoms with Crippen LogP contribution in [0.4, 0.5) is 5.82 Å². The van der Waals surface area contributed by atoms with Crippen LogP contribution in [0.1, 0.15) is 42.5 Å². The highest BCUT2D eigenvalue weighted by Crippen LogP contribution is 2.31.